The zero-order chi connectivity index (χ0) is 16.9. The fourth-order valence-corrected chi connectivity index (χ4v) is 2.04. The number of rotatable bonds is 4. The lowest BCUT2D eigenvalue weighted by Crippen LogP contribution is -2.44. The van der Waals surface area contributed by atoms with Crippen LogP contribution in [0, 0.1) is 5.82 Å². The van der Waals surface area contributed by atoms with Gasteiger partial charge in [-0.3, -0.25) is 25.5 Å². The molecular formula is C16H13FN4O3. The second kappa shape index (κ2) is 6.78. The molecule has 0 unspecified atom stereocenters. The van der Waals surface area contributed by atoms with Gasteiger partial charge in [0.25, 0.3) is 11.8 Å². The molecule has 1 aromatic heterocycles. The Hall–Kier alpha value is -3.42. The van der Waals surface area contributed by atoms with Crippen molar-refractivity contribution >= 4 is 22.7 Å². The number of hydrogen-bond donors (Lipinski definition) is 3. The molecule has 2 aromatic carbocycles. The van der Waals surface area contributed by atoms with Crippen molar-refractivity contribution in [3.05, 3.63) is 60.0 Å². The highest BCUT2D eigenvalue weighted by Gasteiger charge is 2.14. The summed E-state index contributed by atoms with van der Waals surface area (Å²) in [6.45, 7) is -0.326. The molecule has 0 aliphatic carbocycles. The summed E-state index contributed by atoms with van der Waals surface area (Å²) in [4.78, 5) is 23.7. The van der Waals surface area contributed by atoms with Gasteiger partial charge in [0.15, 0.2) is 12.3 Å². The van der Waals surface area contributed by atoms with E-state index in [0.29, 0.717) is 16.7 Å². The number of carbonyl (C=O) groups is 2. The number of para-hydroxylation sites is 1. The maximum Gasteiger partial charge on any atom is 0.290 e. The van der Waals surface area contributed by atoms with Gasteiger partial charge in [-0.05, 0) is 30.3 Å². The van der Waals surface area contributed by atoms with Gasteiger partial charge < -0.3 is 4.74 Å². The van der Waals surface area contributed by atoms with E-state index in [1.54, 1.807) is 18.2 Å². The largest absolute Gasteiger partial charge is 0.484 e. The molecule has 0 fully saturated rings. The van der Waals surface area contributed by atoms with Crippen LogP contribution >= 0.6 is 0 Å². The first-order valence-electron chi connectivity index (χ1n) is 7.04. The minimum absolute atomic E-state index is 0.172. The summed E-state index contributed by atoms with van der Waals surface area (Å²) in [6.07, 6.45) is 0. The van der Waals surface area contributed by atoms with Crippen molar-refractivity contribution in [3.63, 3.8) is 0 Å². The van der Waals surface area contributed by atoms with Gasteiger partial charge in [-0.1, -0.05) is 18.2 Å². The summed E-state index contributed by atoms with van der Waals surface area (Å²) in [5.41, 5.74) is 5.37. The third-order valence-electron chi connectivity index (χ3n) is 3.18. The molecule has 2 amide bonds. The molecule has 3 N–H and O–H groups in total. The molecule has 3 rings (SSSR count). The van der Waals surface area contributed by atoms with Crippen LogP contribution in [0.4, 0.5) is 4.39 Å². The van der Waals surface area contributed by atoms with Gasteiger partial charge in [0, 0.05) is 5.39 Å². The molecule has 0 bridgehead atoms. The average Bonchev–Trinajstić information content (AvgIpc) is 3.03. The minimum atomic E-state index is -0.562. The van der Waals surface area contributed by atoms with Gasteiger partial charge in [0.2, 0.25) is 0 Å². The van der Waals surface area contributed by atoms with Crippen molar-refractivity contribution in [1.29, 1.82) is 0 Å². The number of halogens is 1. The Kier molecular flexibility index (Phi) is 4.37. The zero-order valence-electron chi connectivity index (χ0n) is 12.4. The lowest BCUT2D eigenvalue weighted by molar-refractivity contribution is -0.123. The summed E-state index contributed by atoms with van der Waals surface area (Å²) < 4.78 is 17.9. The first-order chi connectivity index (χ1) is 11.6. The lowest BCUT2D eigenvalue weighted by Gasteiger charge is -2.08. The van der Waals surface area contributed by atoms with Crippen molar-refractivity contribution in [2.24, 2.45) is 0 Å². The van der Waals surface area contributed by atoms with Crippen molar-refractivity contribution in [2.45, 2.75) is 0 Å². The highest BCUT2D eigenvalue weighted by molar-refractivity contribution is 6.05. The SMILES string of the molecule is O=C(COc1ccc(F)cc1)NNC(=O)c1n[nH]c2ccccc12. The monoisotopic (exact) mass is 328 g/mol. The lowest BCUT2D eigenvalue weighted by atomic mass is 10.2. The molecule has 0 saturated heterocycles. The molecule has 0 saturated carbocycles. The van der Waals surface area contributed by atoms with Gasteiger partial charge in [-0.2, -0.15) is 5.10 Å². The minimum Gasteiger partial charge on any atom is -0.484 e. The van der Waals surface area contributed by atoms with E-state index in [4.69, 9.17) is 4.74 Å². The van der Waals surface area contributed by atoms with Crippen LogP contribution in [-0.4, -0.2) is 28.6 Å². The van der Waals surface area contributed by atoms with Crippen molar-refractivity contribution in [3.8, 4) is 5.75 Å². The fraction of sp³-hybridized carbons (Fsp3) is 0.0625. The van der Waals surface area contributed by atoms with E-state index < -0.39 is 17.6 Å². The van der Waals surface area contributed by atoms with Crippen LogP contribution in [0.1, 0.15) is 10.5 Å². The van der Waals surface area contributed by atoms with E-state index in [9.17, 15) is 14.0 Å². The van der Waals surface area contributed by atoms with Crippen LogP contribution in [0.3, 0.4) is 0 Å². The van der Waals surface area contributed by atoms with E-state index >= 15 is 0 Å². The summed E-state index contributed by atoms with van der Waals surface area (Å²) in [7, 11) is 0. The topological polar surface area (TPSA) is 96.1 Å². The van der Waals surface area contributed by atoms with Crippen LogP contribution in [-0.2, 0) is 4.79 Å². The molecule has 1 heterocycles. The molecule has 0 aliphatic heterocycles. The van der Waals surface area contributed by atoms with Gasteiger partial charge >= 0.3 is 0 Å². The van der Waals surface area contributed by atoms with Crippen molar-refractivity contribution in [2.75, 3.05) is 6.61 Å². The number of fused-ring (bicyclic) bond motifs is 1. The quantitative estimate of drug-likeness (QED) is 0.633. The molecule has 0 radical (unpaired) electrons. The third kappa shape index (κ3) is 3.49. The highest BCUT2D eigenvalue weighted by atomic mass is 19.1. The molecule has 8 heteroatoms. The number of carbonyl (C=O) groups excluding carboxylic acids is 2. The standard InChI is InChI=1S/C16H13FN4O3/c17-10-5-7-11(8-6-10)24-9-14(22)19-21-16(23)15-12-3-1-2-4-13(12)18-20-15/h1-8H,9H2,(H,18,20)(H,19,22)(H,21,23). The summed E-state index contributed by atoms with van der Waals surface area (Å²) in [5, 5.41) is 7.29. The molecule has 122 valence electrons. The zero-order valence-corrected chi connectivity index (χ0v) is 12.4. The number of aromatic nitrogens is 2. The number of H-pyrrole nitrogens is 1. The van der Waals surface area contributed by atoms with E-state index in [0.717, 1.165) is 0 Å². The maximum atomic E-state index is 12.7. The first kappa shape index (κ1) is 15.5. The second-order valence-corrected chi connectivity index (χ2v) is 4.86. The summed E-state index contributed by atoms with van der Waals surface area (Å²) in [5.74, 6) is -1.17. The Bertz CT molecular complexity index is 876. The fourth-order valence-electron chi connectivity index (χ4n) is 2.04. The smallest absolute Gasteiger partial charge is 0.290 e. The molecule has 0 atom stereocenters. The van der Waals surface area contributed by atoms with Crippen LogP contribution < -0.4 is 15.6 Å². The number of nitrogens with one attached hydrogen (secondary N) is 3. The Morgan fingerprint density at radius 1 is 1.08 bits per heavy atom. The van der Waals surface area contributed by atoms with Crippen molar-refractivity contribution in [1.82, 2.24) is 21.0 Å². The third-order valence-corrected chi connectivity index (χ3v) is 3.18. The molecule has 0 spiro atoms. The van der Waals surface area contributed by atoms with Gasteiger partial charge in [-0.15, -0.1) is 0 Å². The molecule has 0 aliphatic rings. The number of nitrogens with zero attached hydrogens (tertiary/aromatic N) is 1. The van der Waals surface area contributed by atoms with E-state index in [1.165, 1.54) is 24.3 Å². The van der Waals surface area contributed by atoms with Gasteiger partial charge in [0.1, 0.15) is 11.6 Å². The average molecular weight is 328 g/mol. The van der Waals surface area contributed by atoms with Crippen LogP contribution in [0.15, 0.2) is 48.5 Å². The molecule has 3 aromatic rings. The second-order valence-electron chi connectivity index (χ2n) is 4.86. The predicted molar refractivity (Wildman–Crippen MR) is 83.6 cm³/mol. The maximum absolute atomic E-state index is 12.7. The number of amides is 2. The molecule has 24 heavy (non-hydrogen) atoms. The Balaban J connectivity index is 1.52. The van der Waals surface area contributed by atoms with E-state index in [2.05, 4.69) is 21.0 Å². The van der Waals surface area contributed by atoms with Crippen LogP contribution in [0.5, 0.6) is 5.75 Å². The number of ether oxygens (including phenoxy) is 1. The number of aromatic amines is 1. The van der Waals surface area contributed by atoms with Crippen LogP contribution in [0.25, 0.3) is 10.9 Å². The van der Waals surface area contributed by atoms with E-state index in [-0.39, 0.29) is 12.3 Å². The molecular weight excluding hydrogens is 315 g/mol. The van der Waals surface area contributed by atoms with Crippen molar-refractivity contribution < 1.29 is 18.7 Å². The van der Waals surface area contributed by atoms with Gasteiger partial charge in [-0.25, -0.2) is 4.39 Å². The number of hydrogen-bond acceptors (Lipinski definition) is 4. The Labute approximate surface area is 135 Å². The Morgan fingerprint density at radius 2 is 1.83 bits per heavy atom. The summed E-state index contributed by atoms with van der Waals surface area (Å²) >= 11 is 0. The first-order valence-corrected chi connectivity index (χ1v) is 7.04. The Morgan fingerprint density at radius 3 is 2.62 bits per heavy atom. The number of benzene rings is 2. The van der Waals surface area contributed by atoms with Crippen LogP contribution in [0.2, 0.25) is 0 Å². The number of hydrazine groups is 1. The van der Waals surface area contributed by atoms with E-state index in [1.807, 2.05) is 6.07 Å². The van der Waals surface area contributed by atoms with Gasteiger partial charge in [0.05, 0.1) is 5.52 Å². The normalized spacial score (nSPS) is 10.4. The predicted octanol–water partition coefficient (Wildman–Crippen LogP) is 1.54. The molecule has 7 nitrogen and oxygen atoms in total. The summed E-state index contributed by atoms with van der Waals surface area (Å²) in [6, 6.07) is 12.4. The highest BCUT2D eigenvalue weighted by Crippen LogP contribution is 2.14.